The minimum Gasteiger partial charge on any atom is -0.483 e. The highest BCUT2D eigenvalue weighted by Gasteiger charge is 2.29. The maximum absolute atomic E-state index is 13.3. The quantitative estimate of drug-likeness (QED) is 0.515. The smallest absolute Gasteiger partial charge is 0.261 e. The van der Waals surface area contributed by atoms with Crippen LogP contribution < -0.4 is 10.1 Å². The van der Waals surface area contributed by atoms with Gasteiger partial charge >= 0.3 is 0 Å². The summed E-state index contributed by atoms with van der Waals surface area (Å²) >= 11 is 12.2. The number of rotatable bonds is 7. The Morgan fingerprint density at radius 3 is 2.21 bits per heavy atom. The van der Waals surface area contributed by atoms with E-state index in [4.69, 9.17) is 27.9 Å². The Bertz CT molecular complexity index is 994. The Kier molecular flexibility index (Phi) is 8.83. The number of hydrogen-bond acceptors (Lipinski definition) is 3. The van der Waals surface area contributed by atoms with Gasteiger partial charge in [-0.3, -0.25) is 9.59 Å². The van der Waals surface area contributed by atoms with Crippen LogP contribution in [0.15, 0.2) is 42.5 Å². The van der Waals surface area contributed by atoms with E-state index in [9.17, 15) is 9.59 Å². The highest BCUT2D eigenvalue weighted by atomic mass is 35.5. The summed E-state index contributed by atoms with van der Waals surface area (Å²) in [6, 6.07) is 12.1. The Morgan fingerprint density at radius 1 is 1.00 bits per heavy atom. The number of amides is 2. The lowest BCUT2D eigenvalue weighted by Gasteiger charge is -2.31. The van der Waals surface area contributed by atoms with Gasteiger partial charge in [0.25, 0.3) is 5.91 Å². The van der Waals surface area contributed by atoms with Gasteiger partial charge in [-0.25, -0.2) is 0 Å². The van der Waals surface area contributed by atoms with Gasteiger partial charge in [-0.05, 0) is 62.4 Å². The first-order chi connectivity index (χ1) is 15.2. The van der Waals surface area contributed by atoms with Crippen LogP contribution in [0.4, 0.5) is 0 Å². The van der Waals surface area contributed by atoms with Crippen molar-refractivity contribution in [1.82, 2.24) is 10.2 Å². The molecule has 1 atom stereocenters. The average molecular weight is 493 g/mol. The van der Waals surface area contributed by atoms with Crippen molar-refractivity contribution in [2.24, 2.45) is 0 Å². The Hall–Kier alpha value is -2.24. The molecule has 0 spiro atoms. The van der Waals surface area contributed by atoms with E-state index in [2.05, 4.69) is 26.1 Å². The van der Waals surface area contributed by atoms with Gasteiger partial charge < -0.3 is 15.0 Å². The standard InChI is InChI=1S/C26H34Cl2N2O3/c1-17(24(32)29-26(5,6)7)30(15-18-12-13-20(27)21(28)14-18)23(31)16-33-22-11-9-8-10-19(22)25(2,3)4/h8-14,17H,15-16H2,1-7H3,(H,29,32)/t17-/m0/s1. The first-order valence-electron chi connectivity index (χ1n) is 11.0. The minimum atomic E-state index is -0.715. The molecule has 0 unspecified atom stereocenters. The predicted molar refractivity (Wildman–Crippen MR) is 135 cm³/mol. The van der Waals surface area contributed by atoms with Crippen molar-refractivity contribution in [3.05, 3.63) is 63.6 Å². The van der Waals surface area contributed by atoms with Crippen LogP contribution in [0.25, 0.3) is 0 Å². The van der Waals surface area contributed by atoms with Crippen molar-refractivity contribution in [3.63, 3.8) is 0 Å². The highest BCUT2D eigenvalue weighted by molar-refractivity contribution is 6.42. The number of carbonyl (C=O) groups excluding carboxylic acids is 2. The summed E-state index contributed by atoms with van der Waals surface area (Å²) in [5.41, 5.74) is 1.21. The molecule has 0 aliphatic carbocycles. The van der Waals surface area contributed by atoms with Gasteiger partial charge in [0.2, 0.25) is 5.91 Å². The number of nitrogens with one attached hydrogen (secondary N) is 1. The molecule has 2 amide bonds. The molecule has 5 nitrogen and oxygen atoms in total. The molecule has 2 rings (SSSR count). The molecule has 0 aliphatic heterocycles. The summed E-state index contributed by atoms with van der Waals surface area (Å²) in [4.78, 5) is 27.7. The van der Waals surface area contributed by atoms with Crippen LogP contribution in [0.1, 0.15) is 59.6 Å². The fourth-order valence-electron chi connectivity index (χ4n) is 3.33. The lowest BCUT2D eigenvalue weighted by atomic mass is 9.86. The molecule has 1 N–H and O–H groups in total. The second-order valence-corrected chi connectivity index (χ2v) is 11.0. The number of para-hydroxylation sites is 1. The van der Waals surface area contributed by atoms with Crippen molar-refractivity contribution >= 4 is 35.0 Å². The molecule has 0 aromatic heterocycles. The molecule has 180 valence electrons. The molecule has 0 saturated carbocycles. The van der Waals surface area contributed by atoms with Gasteiger partial charge in [-0.1, -0.05) is 68.2 Å². The SMILES string of the molecule is C[C@@H](C(=O)NC(C)(C)C)N(Cc1ccc(Cl)c(Cl)c1)C(=O)COc1ccccc1C(C)(C)C. The Labute approximate surface area is 207 Å². The molecule has 0 bridgehead atoms. The largest absolute Gasteiger partial charge is 0.483 e. The lowest BCUT2D eigenvalue weighted by Crippen LogP contribution is -2.53. The summed E-state index contributed by atoms with van der Waals surface area (Å²) in [5.74, 6) is 0.104. The molecular weight excluding hydrogens is 459 g/mol. The number of nitrogens with zero attached hydrogens (tertiary/aromatic N) is 1. The number of ether oxygens (including phenoxy) is 1. The minimum absolute atomic E-state index is 0.140. The van der Waals surface area contributed by atoms with Crippen molar-refractivity contribution in [3.8, 4) is 5.75 Å². The maximum Gasteiger partial charge on any atom is 0.261 e. The zero-order valence-corrected chi connectivity index (χ0v) is 22.0. The van der Waals surface area contributed by atoms with Crippen molar-refractivity contribution in [2.75, 3.05) is 6.61 Å². The number of halogens is 2. The zero-order chi connectivity index (χ0) is 25.0. The van der Waals surface area contributed by atoms with Crippen LogP contribution in [0.2, 0.25) is 10.0 Å². The topological polar surface area (TPSA) is 58.6 Å². The molecule has 0 fully saturated rings. The van der Waals surface area contributed by atoms with Gasteiger partial charge in [0, 0.05) is 12.1 Å². The molecule has 7 heteroatoms. The third-order valence-corrected chi connectivity index (χ3v) is 5.79. The van der Waals surface area contributed by atoms with Crippen LogP contribution in [-0.2, 0) is 21.5 Å². The molecule has 2 aromatic rings. The summed E-state index contributed by atoms with van der Waals surface area (Å²) in [6.07, 6.45) is 0. The third kappa shape index (κ3) is 7.94. The second-order valence-electron chi connectivity index (χ2n) is 10.2. The van der Waals surface area contributed by atoms with Crippen molar-refractivity contribution in [1.29, 1.82) is 0 Å². The molecule has 0 radical (unpaired) electrons. The molecule has 33 heavy (non-hydrogen) atoms. The number of carbonyl (C=O) groups is 2. The third-order valence-electron chi connectivity index (χ3n) is 5.05. The first kappa shape index (κ1) is 27.0. The lowest BCUT2D eigenvalue weighted by molar-refractivity contribution is -0.142. The summed E-state index contributed by atoms with van der Waals surface area (Å²) in [7, 11) is 0. The molecular formula is C26H34Cl2N2O3. The molecule has 0 heterocycles. The predicted octanol–water partition coefficient (Wildman–Crippen LogP) is 6.00. The fourth-order valence-corrected chi connectivity index (χ4v) is 3.65. The molecule has 0 saturated heterocycles. The first-order valence-corrected chi connectivity index (χ1v) is 11.7. The van der Waals surface area contributed by atoms with Gasteiger partial charge in [0.1, 0.15) is 11.8 Å². The van der Waals surface area contributed by atoms with Gasteiger partial charge in [0.15, 0.2) is 6.61 Å². The maximum atomic E-state index is 13.3. The van der Waals surface area contributed by atoms with E-state index in [-0.39, 0.29) is 30.4 Å². The summed E-state index contributed by atoms with van der Waals surface area (Å²) in [6.45, 7) is 13.7. The van der Waals surface area contributed by atoms with Crippen LogP contribution in [-0.4, -0.2) is 34.9 Å². The highest BCUT2D eigenvalue weighted by Crippen LogP contribution is 2.31. The van der Waals surface area contributed by atoms with Crippen LogP contribution in [0, 0.1) is 0 Å². The van der Waals surface area contributed by atoms with E-state index in [1.54, 1.807) is 25.1 Å². The van der Waals surface area contributed by atoms with Gasteiger partial charge in [0.05, 0.1) is 10.0 Å². The van der Waals surface area contributed by atoms with Crippen molar-refractivity contribution < 1.29 is 14.3 Å². The summed E-state index contributed by atoms with van der Waals surface area (Å²) in [5, 5.41) is 3.76. The van der Waals surface area contributed by atoms with E-state index in [1.807, 2.05) is 45.0 Å². The molecule has 2 aromatic carbocycles. The van der Waals surface area contributed by atoms with Crippen LogP contribution >= 0.6 is 23.2 Å². The van der Waals surface area contributed by atoms with Crippen LogP contribution in [0.3, 0.4) is 0 Å². The zero-order valence-electron chi connectivity index (χ0n) is 20.5. The van der Waals surface area contributed by atoms with E-state index in [1.165, 1.54) is 4.90 Å². The Balaban J connectivity index is 2.27. The van der Waals surface area contributed by atoms with E-state index >= 15 is 0 Å². The van der Waals surface area contributed by atoms with E-state index in [0.29, 0.717) is 15.8 Å². The van der Waals surface area contributed by atoms with E-state index < -0.39 is 11.6 Å². The monoisotopic (exact) mass is 492 g/mol. The molecule has 0 aliphatic rings. The van der Waals surface area contributed by atoms with Gasteiger partial charge in [-0.2, -0.15) is 0 Å². The second kappa shape index (κ2) is 10.8. The van der Waals surface area contributed by atoms with Crippen molar-refractivity contribution in [2.45, 2.75) is 72.0 Å². The van der Waals surface area contributed by atoms with Gasteiger partial charge in [-0.15, -0.1) is 0 Å². The number of benzene rings is 2. The summed E-state index contributed by atoms with van der Waals surface area (Å²) < 4.78 is 5.95. The van der Waals surface area contributed by atoms with E-state index in [0.717, 1.165) is 11.1 Å². The average Bonchev–Trinajstić information content (AvgIpc) is 2.70. The fraction of sp³-hybridized carbons (Fsp3) is 0.462. The normalized spacial score (nSPS) is 12.8. The number of hydrogen-bond donors (Lipinski definition) is 1. The van der Waals surface area contributed by atoms with Crippen LogP contribution in [0.5, 0.6) is 5.75 Å². The Morgan fingerprint density at radius 2 is 1.64 bits per heavy atom.